The Bertz CT molecular complexity index is 1110. The van der Waals surface area contributed by atoms with E-state index >= 15 is 0 Å². The predicted octanol–water partition coefficient (Wildman–Crippen LogP) is 4.23. The number of carbonyl (C=O) groups is 1. The number of benzene rings is 2. The van der Waals surface area contributed by atoms with Crippen molar-refractivity contribution in [3.05, 3.63) is 63.1 Å². The third-order valence-corrected chi connectivity index (χ3v) is 5.14. The second-order valence-electron chi connectivity index (χ2n) is 6.77. The van der Waals surface area contributed by atoms with Gasteiger partial charge in [-0.15, -0.1) is 0 Å². The maximum Gasteiger partial charge on any atom is 0.262 e. The van der Waals surface area contributed by atoms with Crippen LogP contribution in [0.15, 0.2) is 36.4 Å². The van der Waals surface area contributed by atoms with Gasteiger partial charge in [0.2, 0.25) is 4.77 Å². The van der Waals surface area contributed by atoms with Gasteiger partial charge >= 0.3 is 0 Å². The maximum absolute atomic E-state index is 12.2. The lowest BCUT2D eigenvalue weighted by Gasteiger charge is -2.15. The first kappa shape index (κ1) is 22.6. The standard InChI is InChI=1S/C21H24ClN5O3S/c1-4-19-25-26-21(31)27(19)23-11-14-9-17(29-3)18(10-16(14)22)30-12-20(28)24-15-7-5-13(2)6-8-15/h5-10,23H,4,11-12H2,1-3H3,(H,24,28)(H,26,31). The van der Waals surface area contributed by atoms with Crippen LogP contribution in [0.1, 0.15) is 23.9 Å². The molecule has 0 aliphatic carbocycles. The van der Waals surface area contributed by atoms with E-state index in [1.165, 1.54) is 7.11 Å². The second-order valence-corrected chi connectivity index (χ2v) is 7.56. The molecule has 0 aliphatic rings. The maximum atomic E-state index is 12.2. The van der Waals surface area contributed by atoms with E-state index in [-0.39, 0.29) is 12.5 Å². The quantitative estimate of drug-likeness (QED) is 0.413. The Morgan fingerprint density at radius 1 is 1.26 bits per heavy atom. The largest absolute Gasteiger partial charge is 0.493 e. The molecule has 0 saturated heterocycles. The molecule has 8 nitrogen and oxygen atoms in total. The summed E-state index contributed by atoms with van der Waals surface area (Å²) in [6.45, 7) is 4.18. The molecule has 1 aromatic heterocycles. The van der Waals surface area contributed by atoms with Crippen molar-refractivity contribution in [1.29, 1.82) is 0 Å². The van der Waals surface area contributed by atoms with Gasteiger partial charge in [-0.3, -0.25) is 9.89 Å². The van der Waals surface area contributed by atoms with Crippen LogP contribution in [0.25, 0.3) is 0 Å². The summed E-state index contributed by atoms with van der Waals surface area (Å²) in [6.07, 6.45) is 0.717. The highest BCUT2D eigenvalue weighted by molar-refractivity contribution is 7.71. The van der Waals surface area contributed by atoms with Crippen LogP contribution < -0.4 is 20.2 Å². The van der Waals surface area contributed by atoms with Crippen molar-refractivity contribution < 1.29 is 14.3 Å². The third-order valence-electron chi connectivity index (χ3n) is 4.51. The number of amides is 1. The van der Waals surface area contributed by atoms with E-state index in [9.17, 15) is 4.79 Å². The Kier molecular flexibility index (Phi) is 7.54. The summed E-state index contributed by atoms with van der Waals surface area (Å²) in [5.74, 6) is 1.35. The minimum atomic E-state index is -0.283. The van der Waals surface area contributed by atoms with Crippen LogP contribution in [0.4, 0.5) is 5.69 Å². The Labute approximate surface area is 190 Å². The molecule has 0 radical (unpaired) electrons. The fourth-order valence-electron chi connectivity index (χ4n) is 2.86. The van der Waals surface area contributed by atoms with Gasteiger partial charge < -0.3 is 20.2 Å². The molecule has 3 N–H and O–H groups in total. The van der Waals surface area contributed by atoms with Crippen LogP contribution in [0.2, 0.25) is 5.02 Å². The fourth-order valence-corrected chi connectivity index (χ4v) is 3.29. The molecular weight excluding hydrogens is 438 g/mol. The summed E-state index contributed by atoms with van der Waals surface area (Å²) in [6, 6.07) is 10.9. The number of aromatic amines is 1. The number of nitrogens with one attached hydrogen (secondary N) is 3. The van der Waals surface area contributed by atoms with Crippen molar-refractivity contribution in [2.45, 2.75) is 26.8 Å². The lowest BCUT2D eigenvalue weighted by Crippen LogP contribution is -2.20. The number of H-pyrrole nitrogens is 1. The number of aromatic nitrogens is 3. The van der Waals surface area contributed by atoms with Crippen molar-refractivity contribution in [3.63, 3.8) is 0 Å². The van der Waals surface area contributed by atoms with Gasteiger partial charge in [0.05, 0.1) is 13.7 Å². The van der Waals surface area contributed by atoms with Gasteiger partial charge in [0, 0.05) is 23.2 Å². The number of carbonyl (C=O) groups excluding carboxylic acids is 1. The summed E-state index contributed by atoms with van der Waals surface area (Å²) in [4.78, 5) is 12.2. The summed E-state index contributed by atoms with van der Waals surface area (Å²) < 4.78 is 13.2. The number of nitrogens with zero attached hydrogens (tertiary/aromatic N) is 2. The summed E-state index contributed by atoms with van der Waals surface area (Å²) in [7, 11) is 1.53. The van der Waals surface area contributed by atoms with Gasteiger partial charge in [0.25, 0.3) is 5.91 Å². The van der Waals surface area contributed by atoms with E-state index in [4.69, 9.17) is 33.3 Å². The Morgan fingerprint density at radius 2 is 2.00 bits per heavy atom. The molecule has 0 saturated carbocycles. The zero-order chi connectivity index (χ0) is 22.4. The monoisotopic (exact) mass is 461 g/mol. The van der Waals surface area contributed by atoms with E-state index in [0.29, 0.717) is 39.9 Å². The fraction of sp³-hybridized carbons (Fsp3) is 0.286. The molecule has 10 heteroatoms. The van der Waals surface area contributed by atoms with E-state index in [0.717, 1.165) is 17.0 Å². The van der Waals surface area contributed by atoms with Crippen LogP contribution >= 0.6 is 23.8 Å². The molecule has 164 valence electrons. The van der Waals surface area contributed by atoms with Gasteiger partial charge in [-0.25, -0.2) is 4.68 Å². The molecular formula is C21H24ClN5O3S. The van der Waals surface area contributed by atoms with Crippen LogP contribution in [0.5, 0.6) is 11.5 Å². The zero-order valence-corrected chi connectivity index (χ0v) is 19.1. The van der Waals surface area contributed by atoms with Gasteiger partial charge in [-0.1, -0.05) is 36.2 Å². The molecule has 0 atom stereocenters. The molecule has 1 heterocycles. The van der Waals surface area contributed by atoms with Crippen molar-refractivity contribution >= 4 is 35.4 Å². The number of halogens is 1. The van der Waals surface area contributed by atoms with Crippen molar-refractivity contribution in [3.8, 4) is 11.5 Å². The molecule has 31 heavy (non-hydrogen) atoms. The lowest BCUT2D eigenvalue weighted by molar-refractivity contribution is -0.118. The van der Waals surface area contributed by atoms with Gasteiger partial charge in [0.1, 0.15) is 0 Å². The molecule has 3 rings (SSSR count). The van der Waals surface area contributed by atoms with E-state index in [1.807, 2.05) is 38.1 Å². The highest BCUT2D eigenvalue weighted by Crippen LogP contribution is 2.33. The summed E-state index contributed by atoms with van der Waals surface area (Å²) in [5.41, 5.74) is 5.79. The number of ether oxygens (including phenoxy) is 2. The minimum absolute atomic E-state index is 0.178. The predicted molar refractivity (Wildman–Crippen MR) is 123 cm³/mol. The zero-order valence-electron chi connectivity index (χ0n) is 17.5. The van der Waals surface area contributed by atoms with Gasteiger partial charge in [-0.05, 0) is 42.9 Å². The minimum Gasteiger partial charge on any atom is -0.493 e. The smallest absolute Gasteiger partial charge is 0.262 e. The normalized spacial score (nSPS) is 10.6. The average molecular weight is 462 g/mol. The highest BCUT2D eigenvalue weighted by Gasteiger charge is 2.13. The first-order chi connectivity index (χ1) is 14.9. The Balaban J connectivity index is 1.65. The summed E-state index contributed by atoms with van der Waals surface area (Å²) in [5, 5.41) is 10.2. The van der Waals surface area contributed by atoms with Crippen molar-refractivity contribution in [2.75, 3.05) is 24.5 Å². The molecule has 0 aliphatic heterocycles. The van der Waals surface area contributed by atoms with E-state index in [1.54, 1.807) is 16.8 Å². The number of hydrogen-bond donors (Lipinski definition) is 3. The first-order valence-corrected chi connectivity index (χ1v) is 10.5. The SMILES string of the molecule is CCc1n[nH]c(=S)n1NCc1cc(OC)c(OCC(=O)Nc2ccc(C)cc2)cc1Cl. The van der Waals surface area contributed by atoms with E-state index < -0.39 is 0 Å². The molecule has 2 aromatic carbocycles. The topological polar surface area (TPSA) is 93.2 Å². The first-order valence-electron chi connectivity index (χ1n) is 9.67. The number of anilines is 1. The van der Waals surface area contributed by atoms with Crippen LogP contribution in [0, 0.1) is 11.7 Å². The van der Waals surface area contributed by atoms with Crippen molar-refractivity contribution in [1.82, 2.24) is 14.9 Å². The Morgan fingerprint density at radius 3 is 2.68 bits per heavy atom. The van der Waals surface area contributed by atoms with E-state index in [2.05, 4.69) is 20.9 Å². The molecule has 0 unspecified atom stereocenters. The Hall–Kier alpha value is -3.04. The lowest BCUT2D eigenvalue weighted by atomic mass is 10.2. The van der Waals surface area contributed by atoms with Crippen molar-refractivity contribution in [2.24, 2.45) is 0 Å². The molecule has 1 amide bonds. The number of aryl methyl sites for hydroxylation is 2. The third kappa shape index (κ3) is 5.77. The van der Waals surface area contributed by atoms with Gasteiger partial charge in [0.15, 0.2) is 23.9 Å². The van der Waals surface area contributed by atoms with Crippen LogP contribution in [0.3, 0.4) is 0 Å². The average Bonchev–Trinajstić information content (AvgIpc) is 3.12. The van der Waals surface area contributed by atoms with Crippen LogP contribution in [-0.4, -0.2) is 34.5 Å². The molecule has 0 fully saturated rings. The number of rotatable bonds is 9. The summed E-state index contributed by atoms with van der Waals surface area (Å²) >= 11 is 11.7. The second kappa shape index (κ2) is 10.3. The highest BCUT2D eigenvalue weighted by atomic mass is 35.5. The number of methoxy groups -OCH3 is 1. The molecule has 0 spiro atoms. The number of hydrogen-bond acceptors (Lipinski definition) is 6. The molecule has 0 bridgehead atoms. The van der Waals surface area contributed by atoms with Crippen LogP contribution in [-0.2, 0) is 17.8 Å². The molecule has 3 aromatic rings. The van der Waals surface area contributed by atoms with Gasteiger partial charge in [-0.2, -0.15) is 5.10 Å².